The van der Waals surface area contributed by atoms with Crippen molar-refractivity contribution in [2.75, 3.05) is 6.61 Å². The lowest BCUT2D eigenvalue weighted by Gasteiger charge is -2.15. The molecule has 0 aliphatic rings. The van der Waals surface area contributed by atoms with Gasteiger partial charge < -0.3 is 4.74 Å². The van der Waals surface area contributed by atoms with Crippen LogP contribution in [0.4, 0.5) is 0 Å². The van der Waals surface area contributed by atoms with Gasteiger partial charge in [-0.3, -0.25) is 15.8 Å². The predicted molar refractivity (Wildman–Crippen MR) is 73.4 cm³/mol. The average molecular weight is 258 g/mol. The third-order valence-corrected chi connectivity index (χ3v) is 2.73. The number of nitrogens with two attached hydrogens (primary N) is 1. The first-order valence-electron chi connectivity index (χ1n) is 6.30. The van der Waals surface area contributed by atoms with Crippen LogP contribution in [0.5, 0.6) is 5.75 Å². The summed E-state index contributed by atoms with van der Waals surface area (Å²) in [5.41, 5.74) is 4.56. The van der Waals surface area contributed by atoms with Gasteiger partial charge >= 0.3 is 0 Å². The van der Waals surface area contributed by atoms with Crippen LogP contribution in [-0.4, -0.2) is 16.6 Å². The molecule has 3 N–H and O–H groups in total. The number of benzene rings is 1. The minimum absolute atomic E-state index is 0.172. The smallest absolute Gasteiger partial charge is 0.119 e. The molecule has 0 radical (unpaired) electrons. The summed E-state index contributed by atoms with van der Waals surface area (Å²) in [5, 5.41) is 0. The molecule has 0 fully saturated rings. The first kappa shape index (κ1) is 13.5. The van der Waals surface area contributed by atoms with E-state index in [-0.39, 0.29) is 6.04 Å². The fourth-order valence-corrected chi connectivity index (χ4v) is 1.79. The second-order valence-corrected chi connectivity index (χ2v) is 4.15. The zero-order valence-corrected chi connectivity index (χ0v) is 10.9. The van der Waals surface area contributed by atoms with Crippen LogP contribution in [0.1, 0.15) is 30.6 Å². The summed E-state index contributed by atoms with van der Waals surface area (Å²) >= 11 is 0. The summed E-state index contributed by atoms with van der Waals surface area (Å²) in [4.78, 5) is 8.32. The molecule has 2 aromatic rings. The molecule has 0 amide bonds. The number of hydrazine groups is 1. The maximum atomic E-state index is 5.61. The Morgan fingerprint density at radius 2 is 2.05 bits per heavy atom. The maximum absolute atomic E-state index is 5.61. The highest BCUT2D eigenvalue weighted by Crippen LogP contribution is 2.21. The van der Waals surface area contributed by atoms with Gasteiger partial charge in [0, 0.05) is 12.4 Å². The fraction of sp³-hybridized carbons (Fsp3) is 0.286. The summed E-state index contributed by atoms with van der Waals surface area (Å²) in [6, 6.07) is 7.65. The Labute approximate surface area is 112 Å². The Bertz CT molecular complexity index is 487. The Balaban J connectivity index is 2.15. The van der Waals surface area contributed by atoms with Crippen LogP contribution < -0.4 is 16.0 Å². The lowest BCUT2D eigenvalue weighted by atomic mass is 10.0. The van der Waals surface area contributed by atoms with Crippen molar-refractivity contribution in [2.24, 2.45) is 5.84 Å². The quantitative estimate of drug-likeness (QED) is 0.610. The minimum atomic E-state index is -0.172. The molecule has 0 bridgehead atoms. The van der Waals surface area contributed by atoms with Crippen molar-refractivity contribution in [3.05, 3.63) is 54.1 Å². The lowest BCUT2D eigenvalue weighted by Crippen LogP contribution is -2.29. The molecule has 0 aliphatic carbocycles. The van der Waals surface area contributed by atoms with Crippen molar-refractivity contribution in [3.63, 3.8) is 0 Å². The van der Waals surface area contributed by atoms with Gasteiger partial charge in [-0.25, -0.2) is 5.43 Å². The molecule has 1 heterocycles. The molecule has 1 unspecified atom stereocenters. The Morgan fingerprint density at radius 1 is 1.26 bits per heavy atom. The van der Waals surface area contributed by atoms with Gasteiger partial charge in [-0.1, -0.05) is 19.1 Å². The Kier molecular flexibility index (Phi) is 4.83. The molecule has 5 nitrogen and oxygen atoms in total. The van der Waals surface area contributed by atoms with Crippen molar-refractivity contribution in [1.29, 1.82) is 0 Å². The van der Waals surface area contributed by atoms with E-state index in [9.17, 15) is 0 Å². The second kappa shape index (κ2) is 6.82. The average Bonchev–Trinajstić information content (AvgIpc) is 2.48. The number of aromatic nitrogens is 2. The normalized spacial score (nSPS) is 12.1. The van der Waals surface area contributed by atoms with Gasteiger partial charge in [0.25, 0.3) is 0 Å². The van der Waals surface area contributed by atoms with Gasteiger partial charge in [0.05, 0.1) is 24.5 Å². The van der Waals surface area contributed by atoms with Crippen LogP contribution in [0.15, 0.2) is 42.9 Å². The topological polar surface area (TPSA) is 73.1 Å². The van der Waals surface area contributed by atoms with Crippen molar-refractivity contribution in [3.8, 4) is 5.75 Å². The molecule has 1 atom stereocenters. The summed E-state index contributed by atoms with van der Waals surface area (Å²) in [7, 11) is 0. The van der Waals surface area contributed by atoms with Crippen molar-refractivity contribution < 1.29 is 4.74 Å². The molecule has 0 saturated carbocycles. The highest BCUT2D eigenvalue weighted by atomic mass is 16.5. The van der Waals surface area contributed by atoms with Crippen LogP contribution in [-0.2, 0) is 0 Å². The first-order valence-corrected chi connectivity index (χ1v) is 6.30. The third kappa shape index (κ3) is 3.49. The molecular formula is C14H18N4O. The molecule has 1 aromatic heterocycles. The summed E-state index contributed by atoms with van der Waals surface area (Å²) in [6.45, 7) is 2.80. The molecule has 0 aliphatic heterocycles. The van der Waals surface area contributed by atoms with E-state index in [4.69, 9.17) is 10.6 Å². The van der Waals surface area contributed by atoms with Crippen molar-refractivity contribution in [1.82, 2.24) is 15.4 Å². The van der Waals surface area contributed by atoms with E-state index < -0.39 is 0 Å². The first-order chi connectivity index (χ1) is 9.35. The molecule has 1 aromatic carbocycles. The van der Waals surface area contributed by atoms with Crippen molar-refractivity contribution in [2.45, 2.75) is 19.4 Å². The summed E-state index contributed by atoms with van der Waals surface area (Å²) in [5.74, 6) is 6.47. The Hall–Kier alpha value is -1.98. The van der Waals surface area contributed by atoms with E-state index in [0.29, 0.717) is 0 Å². The van der Waals surface area contributed by atoms with Crippen LogP contribution in [0.2, 0.25) is 0 Å². The van der Waals surface area contributed by atoms with Gasteiger partial charge in [0.15, 0.2) is 0 Å². The molecular weight excluding hydrogens is 240 g/mol. The summed E-state index contributed by atoms with van der Waals surface area (Å²) < 4.78 is 5.55. The van der Waals surface area contributed by atoms with Gasteiger partial charge in [-0.2, -0.15) is 0 Å². The number of ether oxygens (including phenoxy) is 1. The van der Waals surface area contributed by atoms with Gasteiger partial charge in [-0.05, 0) is 24.1 Å². The Morgan fingerprint density at radius 3 is 2.63 bits per heavy atom. The zero-order valence-electron chi connectivity index (χ0n) is 10.9. The number of nitrogens with zero attached hydrogens (tertiary/aromatic N) is 2. The van der Waals surface area contributed by atoms with E-state index in [1.165, 1.54) is 0 Å². The van der Waals surface area contributed by atoms with Crippen LogP contribution >= 0.6 is 0 Å². The van der Waals surface area contributed by atoms with E-state index in [1.54, 1.807) is 18.6 Å². The molecule has 2 rings (SSSR count). The highest BCUT2D eigenvalue weighted by molar-refractivity contribution is 5.32. The summed E-state index contributed by atoms with van der Waals surface area (Å²) in [6.07, 6.45) is 5.98. The number of nitrogens with one attached hydrogen (secondary N) is 1. The van der Waals surface area contributed by atoms with E-state index >= 15 is 0 Å². The third-order valence-electron chi connectivity index (χ3n) is 2.73. The largest absolute Gasteiger partial charge is 0.494 e. The molecule has 100 valence electrons. The van der Waals surface area contributed by atoms with E-state index in [2.05, 4.69) is 22.3 Å². The highest BCUT2D eigenvalue weighted by Gasteiger charge is 2.13. The lowest BCUT2D eigenvalue weighted by molar-refractivity contribution is 0.317. The number of hydrogen-bond donors (Lipinski definition) is 2. The number of rotatable bonds is 6. The van der Waals surface area contributed by atoms with E-state index in [0.717, 1.165) is 30.0 Å². The monoisotopic (exact) mass is 258 g/mol. The van der Waals surface area contributed by atoms with Crippen LogP contribution in [0, 0.1) is 0 Å². The number of hydrogen-bond acceptors (Lipinski definition) is 5. The van der Waals surface area contributed by atoms with Crippen LogP contribution in [0.25, 0.3) is 0 Å². The van der Waals surface area contributed by atoms with Gasteiger partial charge in [0.1, 0.15) is 5.75 Å². The molecule has 5 heteroatoms. The standard InChI is InChI=1S/C14H18N4O/c1-2-9-19-12-5-3-11(4-6-12)14(18-15)13-10-16-7-8-17-13/h3-8,10,14,18H,2,9,15H2,1H3. The van der Waals surface area contributed by atoms with Gasteiger partial charge in [0.2, 0.25) is 0 Å². The van der Waals surface area contributed by atoms with E-state index in [1.807, 2.05) is 24.3 Å². The van der Waals surface area contributed by atoms with Gasteiger partial charge in [-0.15, -0.1) is 0 Å². The van der Waals surface area contributed by atoms with Crippen molar-refractivity contribution >= 4 is 0 Å². The zero-order chi connectivity index (χ0) is 13.5. The predicted octanol–water partition coefficient (Wildman–Crippen LogP) is 1.82. The van der Waals surface area contributed by atoms with Crippen LogP contribution in [0.3, 0.4) is 0 Å². The molecule has 0 spiro atoms. The molecule has 0 saturated heterocycles. The molecule has 19 heavy (non-hydrogen) atoms. The maximum Gasteiger partial charge on any atom is 0.119 e. The minimum Gasteiger partial charge on any atom is -0.494 e. The SMILES string of the molecule is CCCOc1ccc(C(NN)c2cnccn2)cc1. The second-order valence-electron chi connectivity index (χ2n) is 4.15. The fourth-order valence-electron chi connectivity index (χ4n) is 1.79.